The van der Waals surface area contributed by atoms with Crippen molar-refractivity contribution in [1.29, 1.82) is 5.41 Å². The molecular weight excluding hydrogens is 429 g/mol. The van der Waals surface area contributed by atoms with Crippen LogP contribution < -0.4 is 10.2 Å². The fraction of sp³-hybridized carbons (Fsp3) is 0.304. The van der Waals surface area contributed by atoms with E-state index in [-0.39, 0.29) is 10.7 Å². The van der Waals surface area contributed by atoms with E-state index in [1.54, 1.807) is 25.4 Å². The van der Waals surface area contributed by atoms with Gasteiger partial charge in [0.15, 0.2) is 9.84 Å². The summed E-state index contributed by atoms with van der Waals surface area (Å²) < 4.78 is 40.5. The van der Waals surface area contributed by atoms with Crippen LogP contribution >= 0.6 is 0 Å². The number of halogens is 1. The smallest absolute Gasteiger partial charge is 0.184 e. The first kappa shape index (κ1) is 22.0. The van der Waals surface area contributed by atoms with Crippen LogP contribution in [0.25, 0.3) is 0 Å². The van der Waals surface area contributed by atoms with Crippen LogP contribution in [0.4, 0.5) is 21.5 Å². The molecule has 7 nitrogen and oxygen atoms in total. The third-order valence-corrected chi connectivity index (χ3v) is 8.09. The van der Waals surface area contributed by atoms with Crippen molar-refractivity contribution in [2.45, 2.75) is 29.9 Å². The van der Waals surface area contributed by atoms with Crippen LogP contribution in [0.3, 0.4) is 0 Å². The van der Waals surface area contributed by atoms with Gasteiger partial charge in [-0.05, 0) is 61.7 Å². The van der Waals surface area contributed by atoms with Crippen LogP contribution in [0.5, 0.6) is 0 Å². The lowest BCUT2D eigenvalue weighted by atomic mass is 10.0. The molecule has 0 spiro atoms. The second-order valence-corrected chi connectivity index (χ2v) is 10.3. The third-order valence-electron chi connectivity index (χ3n) is 5.88. The van der Waals surface area contributed by atoms with E-state index >= 15 is 0 Å². The van der Waals surface area contributed by atoms with Crippen molar-refractivity contribution in [2.75, 3.05) is 23.3 Å². The molecule has 0 amide bonds. The summed E-state index contributed by atoms with van der Waals surface area (Å²) in [4.78, 5) is 2.45. The predicted octanol–water partition coefficient (Wildman–Crippen LogP) is 4.05. The molecular formula is C23H26FN5O2S. The molecule has 1 aliphatic heterocycles. The van der Waals surface area contributed by atoms with Crippen LogP contribution in [-0.2, 0) is 16.9 Å². The second kappa shape index (κ2) is 8.74. The lowest BCUT2D eigenvalue weighted by Gasteiger charge is -2.34. The molecule has 1 fully saturated rings. The number of nitrogens with one attached hydrogen (secondary N) is 2. The fourth-order valence-electron chi connectivity index (χ4n) is 4.11. The van der Waals surface area contributed by atoms with E-state index in [1.807, 2.05) is 19.1 Å². The summed E-state index contributed by atoms with van der Waals surface area (Å²) in [5.41, 5.74) is 4.23. The lowest BCUT2D eigenvalue weighted by Crippen LogP contribution is -2.39. The summed E-state index contributed by atoms with van der Waals surface area (Å²) in [6.45, 7) is 3.23. The molecule has 1 saturated heterocycles. The van der Waals surface area contributed by atoms with E-state index in [1.165, 1.54) is 29.2 Å². The van der Waals surface area contributed by atoms with Gasteiger partial charge in [-0.25, -0.2) is 12.8 Å². The zero-order valence-electron chi connectivity index (χ0n) is 18.0. The van der Waals surface area contributed by atoms with Crippen LogP contribution in [0.15, 0.2) is 53.7 Å². The highest BCUT2D eigenvalue weighted by atomic mass is 32.2. The number of piperidine rings is 1. The van der Waals surface area contributed by atoms with Crippen LogP contribution in [0.1, 0.15) is 24.0 Å². The number of hydrogen-bond acceptors (Lipinski definition) is 6. The highest BCUT2D eigenvalue weighted by molar-refractivity contribution is 7.92. The van der Waals surface area contributed by atoms with Crippen molar-refractivity contribution in [3.63, 3.8) is 0 Å². The summed E-state index contributed by atoms with van der Waals surface area (Å²) in [6, 6.07) is 10.00. The Morgan fingerprint density at radius 1 is 1.19 bits per heavy atom. The number of aromatic nitrogens is 2. The van der Waals surface area contributed by atoms with E-state index in [4.69, 9.17) is 5.41 Å². The van der Waals surface area contributed by atoms with Crippen LogP contribution in [0.2, 0.25) is 0 Å². The highest BCUT2D eigenvalue weighted by Gasteiger charge is 2.32. The first-order valence-corrected chi connectivity index (χ1v) is 12.0. The topological polar surface area (TPSA) is 91.1 Å². The fourth-order valence-corrected chi connectivity index (χ4v) is 5.82. The van der Waals surface area contributed by atoms with E-state index in [2.05, 4.69) is 15.3 Å². The Morgan fingerprint density at radius 3 is 2.47 bits per heavy atom. The summed E-state index contributed by atoms with van der Waals surface area (Å²) >= 11 is 0. The van der Waals surface area contributed by atoms with Gasteiger partial charge in [0.25, 0.3) is 0 Å². The molecule has 3 aromatic rings. The van der Waals surface area contributed by atoms with Crippen molar-refractivity contribution >= 4 is 33.1 Å². The monoisotopic (exact) mass is 455 g/mol. The number of rotatable bonds is 6. The number of nitrogens with zero attached hydrogens (tertiary/aromatic N) is 3. The van der Waals surface area contributed by atoms with Crippen molar-refractivity contribution in [2.24, 2.45) is 7.05 Å². The molecule has 9 heteroatoms. The Morgan fingerprint density at radius 2 is 1.88 bits per heavy atom. The molecule has 2 N–H and O–H groups in total. The van der Waals surface area contributed by atoms with Gasteiger partial charge in [-0.3, -0.25) is 4.68 Å². The minimum absolute atomic E-state index is 0.275. The maximum Gasteiger partial charge on any atom is 0.184 e. The summed E-state index contributed by atoms with van der Waals surface area (Å²) in [5.74, 6) is -0.302. The number of aryl methyl sites for hydroxylation is 2. The zero-order chi connectivity index (χ0) is 22.9. The van der Waals surface area contributed by atoms with Gasteiger partial charge in [0.05, 0.1) is 11.4 Å². The molecule has 2 aromatic carbocycles. The molecule has 0 radical (unpaired) electrons. The first-order valence-electron chi connectivity index (χ1n) is 10.4. The first-order chi connectivity index (χ1) is 15.3. The van der Waals surface area contributed by atoms with Gasteiger partial charge in [0, 0.05) is 55.2 Å². The van der Waals surface area contributed by atoms with Crippen molar-refractivity contribution in [3.8, 4) is 0 Å². The molecule has 1 aliphatic rings. The molecule has 0 saturated carbocycles. The lowest BCUT2D eigenvalue weighted by molar-refractivity contribution is 0.529. The van der Waals surface area contributed by atoms with Gasteiger partial charge < -0.3 is 15.6 Å². The molecule has 0 unspecified atom stereocenters. The molecule has 4 rings (SSSR count). The Hall–Kier alpha value is -3.20. The number of benzene rings is 2. The average Bonchev–Trinajstić information content (AvgIpc) is 3.23. The SMILES string of the molecule is Cc1cc(Nc2ccc(F)cc2)c(C=N)cc1N1CCC(S(=O)(=O)c2cnn(C)c2)CC1. The number of hydrogen-bond donors (Lipinski definition) is 2. The second-order valence-electron chi connectivity index (χ2n) is 8.08. The normalized spacial score (nSPS) is 15.0. The van der Waals surface area contributed by atoms with Crippen molar-refractivity contribution in [3.05, 3.63) is 65.7 Å². The molecule has 32 heavy (non-hydrogen) atoms. The summed E-state index contributed by atoms with van der Waals surface area (Å²) in [5, 5.41) is 14.7. The van der Waals surface area contributed by atoms with Gasteiger partial charge >= 0.3 is 0 Å². The van der Waals surface area contributed by atoms with E-state index in [0.29, 0.717) is 31.5 Å². The minimum Gasteiger partial charge on any atom is -0.371 e. The largest absolute Gasteiger partial charge is 0.371 e. The molecule has 168 valence electrons. The van der Waals surface area contributed by atoms with Crippen molar-refractivity contribution in [1.82, 2.24) is 9.78 Å². The van der Waals surface area contributed by atoms with E-state index in [9.17, 15) is 12.8 Å². The molecule has 0 atom stereocenters. The van der Waals surface area contributed by atoms with Gasteiger partial charge in [-0.1, -0.05) is 0 Å². The van der Waals surface area contributed by atoms with E-state index < -0.39 is 15.1 Å². The standard InChI is InChI=1S/C23H26FN5O2S/c1-16-11-22(27-19-5-3-18(24)4-6-19)17(13-25)12-23(16)29-9-7-20(8-10-29)32(30,31)21-14-26-28(2)15-21/h3-6,11-15,20,25,27H,7-10H2,1-2H3. The van der Waals surface area contributed by atoms with Gasteiger partial charge in [-0.2, -0.15) is 5.10 Å². The third kappa shape index (κ3) is 4.38. The predicted molar refractivity (Wildman–Crippen MR) is 124 cm³/mol. The zero-order valence-corrected chi connectivity index (χ0v) is 18.9. The number of anilines is 3. The molecule has 2 heterocycles. The summed E-state index contributed by atoms with van der Waals surface area (Å²) in [7, 11) is -1.69. The summed E-state index contributed by atoms with van der Waals surface area (Å²) in [6.07, 6.45) is 5.32. The Balaban J connectivity index is 1.51. The minimum atomic E-state index is -3.40. The quantitative estimate of drug-likeness (QED) is 0.547. The average molecular weight is 456 g/mol. The van der Waals surface area contributed by atoms with Crippen LogP contribution in [-0.4, -0.2) is 42.8 Å². The maximum absolute atomic E-state index is 13.2. The Labute approximate surface area is 187 Å². The van der Waals surface area contributed by atoms with Gasteiger partial charge in [0.1, 0.15) is 10.7 Å². The molecule has 0 bridgehead atoms. The van der Waals surface area contributed by atoms with Gasteiger partial charge in [0.2, 0.25) is 0 Å². The van der Waals surface area contributed by atoms with Crippen LogP contribution in [0, 0.1) is 18.2 Å². The van der Waals surface area contributed by atoms with E-state index in [0.717, 1.165) is 22.6 Å². The molecule has 1 aromatic heterocycles. The Bertz CT molecular complexity index is 1230. The molecule has 0 aliphatic carbocycles. The van der Waals surface area contributed by atoms with Crippen molar-refractivity contribution < 1.29 is 12.8 Å². The highest BCUT2D eigenvalue weighted by Crippen LogP contribution is 2.32. The van der Waals surface area contributed by atoms with Gasteiger partial charge in [-0.15, -0.1) is 0 Å². The maximum atomic E-state index is 13.2. The Kier molecular flexibility index (Phi) is 6.01. The number of sulfone groups is 1.